The van der Waals surface area contributed by atoms with Crippen molar-refractivity contribution in [2.24, 2.45) is 0 Å². The molecule has 3 heteroatoms. The van der Waals surface area contributed by atoms with Crippen LogP contribution in [0.4, 0.5) is 0 Å². The Balaban J connectivity index is 2.10. The predicted octanol–water partition coefficient (Wildman–Crippen LogP) is 3.58. The van der Waals surface area contributed by atoms with E-state index < -0.39 is 0 Å². The lowest BCUT2D eigenvalue weighted by molar-refractivity contribution is -0.140. The molecule has 98 valence electrons. The van der Waals surface area contributed by atoms with Gasteiger partial charge < -0.3 is 9.47 Å². The number of hydrogen-bond acceptors (Lipinski definition) is 3. The molecule has 19 heavy (non-hydrogen) atoms. The van der Waals surface area contributed by atoms with Crippen molar-refractivity contribution in [3.8, 4) is 11.5 Å². The Morgan fingerprint density at radius 1 is 1.00 bits per heavy atom. The number of methoxy groups -OCH3 is 1. The number of benzene rings is 2. The van der Waals surface area contributed by atoms with Crippen molar-refractivity contribution in [2.75, 3.05) is 7.11 Å². The van der Waals surface area contributed by atoms with E-state index >= 15 is 0 Å². The molecule has 2 rings (SSSR count). The maximum atomic E-state index is 11.2. The minimum absolute atomic E-state index is 0.213. The van der Waals surface area contributed by atoms with Gasteiger partial charge in [0.05, 0.1) is 7.11 Å². The summed E-state index contributed by atoms with van der Waals surface area (Å²) in [6, 6.07) is 17.3. The number of aryl methyl sites for hydroxylation is 1. The van der Waals surface area contributed by atoms with Gasteiger partial charge in [-0.05, 0) is 30.2 Å². The predicted molar refractivity (Wildman–Crippen MR) is 73.3 cm³/mol. The molecule has 2 aromatic carbocycles. The largest absolute Gasteiger partial charge is 0.469 e. The topological polar surface area (TPSA) is 35.5 Å². The van der Waals surface area contributed by atoms with Crippen LogP contribution in [0.3, 0.4) is 0 Å². The van der Waals surface area contributed by atoms with Gasteiger partial charge in [-0.1, -0.05) is 36.4 Å². The van der Waals surface area contributed by atoms with Crippen LogP contribution >= 0.6 is 0 Å². The molecule has 3 nitrogen and oxygen atoms in total. The van der Waals surface area contributed by atoms with E-state index in [2.05, 4.69) is 4.74 Å². The molecule has 0 radical (unpaired) electrons. The molecule has 0 bridgehead atoms. The Bertz CT molecular complexity index is 535. The first-order valence-electron chi connectivity index (χ1n) is 6.17. The zero-order valence-electron chi connectivity index (χ0n) is 10.8. The number of carbonyl (C=O) groups is 1. The zero-order chi connectivity index (χ0) is 13.5. The van der Waals surface area contributed by atoms with Crippen molar-refractivity contribution in [3.63, 3.8) is 0 Å². The van der Waals surface area contributed by atoms with Crippen LogP contribution < -0.4 is 4.74 Å². The van der Waals surface area contributed by atoms with E-state index in [-0.39, 0.29) is 5.97 Å². The standard InChI is InChI=1S/C16H16O3/c1-18-16(17)12-11-13-7-5-6-10-15(13)19-14-8-3-2-4-9-14/h2-10H,11-12H2,1H3. The molecule has 0 heterocycles. The highest BCUT2D eigenvalue weighted by Crippen LogP contribution is 2.25. The van der Waals surface area contributed by atoms with Crippen LogP contribution in [0.5, 0.6) is 11.5 Å². The van der Waals surface area contributed by atoms with Crippen molar-refractivity contribution in [3.05, 3.63) is 60.2 Å². The van der Waals surface area contributed by atoms with Gasteiger partial charge in [-0.2, -0.15) is 0 Å². The zero-order valence-corrected chi connectivity index (χ0v) is 10.8. The van der Waals surface area contributed by atoms with Gasteiger partial charge in [0.1, 0.15) is 11.5 Å². The summed E-state index contributed by atoms with van der Waals surface area (Å²) in [6.07, 6.45) is 0.960. The SMILES string of the molecule is COC(=O)CCc1ccccc1Oc1ccccc1. The molecule has 0 spiro atoms. The molecule has 0 aliphatic carbocycles. The molecule has 0 amide bonds. The van der Waals surface area contributed by atoms with Gasteiger partial charge in [0, 0.05) is 6.42 Å². The van der Waals surface area contributed by atoms with E-state index in [1.165, 1.54) is 7.11 Å². The van der Waals surface area contributed by atoms with Crippen molar-refractivity contribution < 1.29 is 14.3 Å². The van der Waals surface area contributed by atoms with E-state index in [0.717, 1.165) is 17.1 Å². The first-order valence-corrected chi connectivity index (χ1v) is 6.17. The van der Waals surface area contributed by atoms with Crippen LogP contribution in [0.25, 0.3) is 0 Å². The van der Waals surface area contributed by atoms with E-state index in [4.69, 9.17) is 4.74 Å². The van der Waals surface area contributed by atoms with E-state index in [1.807, 2.05) is 54.6 Å². The van der Waals surface area contributed by atoms with Gasteiger partial charge in [-0.3, -0.25) is 4.79 Å². The van der Waals surface area contributed by atoms with Crippen molar-refractivity contribution >= 4 is 5.97 Å². The third kappa shape index (κ3) is 3.85. The Morgan fingerprint density at radius 2 is 1.68 bits per heavy atom. The molecule has 0 aliphatic heterocycles. The van der Waals surface area contributed by atoms with E-state index in [1.54, 1.807) is 0 Å². The lowest BCUT2D eigenvalue weighted by Crippen LogP contribution is -2.02. The number of rotatable bonds is 5. The van der Waals surface area contributed by atoms with E-state index in [0.29, 0.717) is 12.8 Å². The molecule has 0 fully saturated rings. The number of para-hydroxylation sites is 2. The molecule has 0 N–H and O–H groups in total. The highest BCUT2D eigenvalue weighted by Gasteiger charge is 2.07. The van der Waals surface area contributed by atoms with Crippen molar-refractivity contribution in [1.29, 1.82) is 0 Å². The highest BCUT2D eigenvalue weighted by molar-refractivity contribution is 5.69. The minimum atomic E-state index is -0.213. The average molecular weight is 256 g/mol. The van der Waals surface area contributed by atoms with Gasteiger partial charge in [0.15, 0.2) is 0 Å². The summed E-state index contributed by atoms with van der Waals surface area (Å²) < 4.78 is 10.5. The number of carbonyl (C=O) groups excluding carboxylic acids is 1. The van der Waals surface area contributed by atoms with Gasteiger partial charge in [-0.25, -0.2) is 0 Å². The van der Waals surface area contributed by atoms with Crippen LogP contribution in [0.2, 0.25) is 0 Å². The third-order valence-corrected chi connectivity index (χ3v) is 2.77. The van der Waals surface area contributed by atoms with Crippen LogP contribution in [-0.2, 0) is 16.0 Å². The van der Waals surface area contributed by atoms with Crippen molar-refractivity contribution in [1.82, 2.24) is 0 Å². The summed E-state index contributed by atoms with van der Waals surface area (Å²) in [5.41, 5.74) is 0.997. The summed E-state index contributed by atoms with van der Waals surface area (Å²) >= 11 is 0. The Labute approximate surface area is 112 Å². The monoisotopic (exact) mass is 256 g/mol. The first-order chi connectivity index (χ1) is 9.29. The van der Waals surface area contributed by atoms with E-state index in [9.17, 15) is 4.79 Å². The van der Waals surface area contributed by atoms with Crippen LogP contribution in [-0.4, -0.2) is 13.1 Å². The molecule has 0 unspecified atom stereocenters. The molecule has 0 aliphatic rings. The van der Waals surface area contributed by atoms with Crippen LogP contribution in [0.15, 0.2) is 54.6 Å². The lowest BCUT2D eigenvalue weighted by Gasteiger charge is -2.10. The third-order valence-electron chi connectivity index (χ3n) is 2.77. The fourth-order valence-electron chi connectivity index (χ4n) is 1.76. The molecule has 0 saturated carbocycles. The van der Waals surface area contributed by atoms with Gasteiger partial charge >= 0.3 is 5.97 Å². The summed E-state index contributed by atoms with van der Waals surface area (Å²) in [6.45, 7) is 0. The summed E-state index contributed by atoms with van der Waals surface area (Å²) in [7, 11) is 1.40. The molecule has 2 aromatic rings. The maximum Gasteiger partial charge on any atom is 0.305 e. The number of ether oxygens (including phenoxy) is 2. The summed E-state index contributed by atoms with van der Waals surface area (Å²) in [4.78, 5) is 11.2. The molecule has 0 aromatic heterocycles. The summed E-state index contributed by atoms with van der Waals surface area (Å²) in [5, 5.41) is 0. The summed E-state index contributed by atoms with van der Waals surface area (Å²) in [5.74, 6) is 1.35. The Hall–Kier alpha value is -2.29. The normalized spacial score (nSPS) is 9.95. The van der Waals surface area contributed by atoms with Gasteiger partial charge in [-0.15, -0.1) is 0 Å². The smallest absolute Gasteiger partial charge is 0.305 e. The molecule has 0 atom stereocenters. The number of hydrogen-bond donors (Lipinski definition) is 0. The minimum Gasteiger partial charge on any atom is -0.469 e. The van der Waals surface area contributed by atoms with Crippen molar-refractivity contribution in [2.45, 2.75) is 12.8 Å². The van der Waals surface area contributed by atoms with Gasteiger partial charge in [0.25, 0.3) is 0 Å². The molecular weight excluding hydrogens is 240 g/mol. The first kappa shape index (κ1) is 13.1. The Kier molecular flexibility index (Phi) is 4.56. The quantitative estimate of drug-likeness (QED) is 0.767. The molecular formula is C16H16O3. The fourth-order valence-corrected chi connectivity index (χ4v) is 1.76. The van der Waals surface area contributed by atoms with Crippen LogP contribution in [0.1, 0.15) is 12.0 Å². The number of esters is 1. The Morgan fingerprint density at radius 3 is 2.42 bits per heavy atom. The molecule has 0 saturated heterocycles. The average Bonchev–Trinajstić information content (AvgIpc) is 2.47. The lowest BCUT2D eigenvalue weighted by atomic mass is 10.1. The van der Waals surface area contributed by atoms with Gasteiger partial charge in [0.2, 0.25) is 0 Å². The van der Waals surface area contributed by atoms with Crippen LogP contribution in [0, 0.1) is 0 Å². The second kappa shape index (κ2) is 6.59. The second-order valence-electron chi connectivity index (χ2n) is 4.10. The maximum absolute atomic E-state index is 11.2. The highest BCUT2D eigenvalue weighted by atomic mass is 16.5. The fraction of sp³-hybridized carbons (Fsp3) is 0.188. The second-order valence-corrected chi connectivity index (χ2v) is 4.10.